The monoisotopic (exact) mass is 269 g/mol. The lowest BCUT2D eigenvalue weighted by atomic mass is 10.1. The van der Waals surface area contributed by atoms with Crippen LogP contribution in [0.25, 0.3) is 10.9 Å². The zero-order valence-electron chi connectivity index (χ0n) is 11.2. The van der Waals surface area contributed by atoms with E-state index >= 15 is 0 Å². The average Bonchev–Trinajstić information content (AvgIpc) is 2.48. The highest BCUT2D eigenvalue weighted by molar-refractivity contribution is 5.94. The molecule has 0 aliphatic carbocycles. The number of pyridine rings is 1. The summed E-state index contributed by atoms with van der Waals surface area (Å²) in [6.07, 6.45) is 1.73. The summed E-state index contributed by atoms with van der Waals surface area (Å²) >= 11 is 0. The third-order valence-electron chi connectivity index (χ3n) is 3.66. The lowest BCUT2D eigenvalue weighted by Gasteiger charge is -2.33. The predicted molar refractivity (Wildman–Crippen MR) is 74.8 cm³/mol. The van der Waals surface area contributed by atoms with Gasteiger partial charge in [0.25, 0.3) is 0 Å². The zero-order chi connectivity index (χ0) is 14.1. The van der Waals surface area contributed by atoms with E-state index in [4.69, 9.17) is 0 Å². The summed E-state index contributed by atoms with van der Waals surface area (Å²) in [7, 11) is 0. The number of carbonyl (C=O) groups is 2. The predicted octanol–water partition coefficient (Wildman–Crippen LogP) is 1.08. The first-order chi connectivity index (χ1) is 9.66. The van der Waals surface area contributed by atoms with Crippen molar-refractivity contribution in [2.75, 3.05) is 6.54 Å². The van der Waals surface area contributed by atoms with Gasteiger partial charge >= 0.3 is 0 Å². The SMILES string of the molecule is CC1C(=O)NCC(=O)N1Cc1ccnc2ccccc12. The van der Waals surface area contributed by atoms with Gasteiger partial charge in [-0.3, -0.25) is 14.6 Å². The van der Waals surface area contributed by atoms with Crippen molar-refractivity contribution in [1.29, 1.82) is 0 Å². The lowest BCUT2D eigenvalue weighted by molar-refractivity contribution is -0.145. The molecule has 2 heterocycles. The third kappa shape index (κ3) is 2.11. The van der Waals surface area contributed by atoms with Crippen LogP contribution in [0, 0.1) is 0 Å². The first-order valence-corrected chi connectivity index (χ1v) is 6.56. The Kier molecular flexibility index (Phi) is 3.10. The van der Waals surface area contributed by atoms with Crippen LogP contribution in [-0.2, 0) is 16.1 Å². The van der Waals surface area contributed by atoms with E-state index in [1.807, 2.05) is 30.3 Å². The van der Waals surface area contributed by atoms with Gasteiger partial charge in [0.1, 0.15) is 6.04 Å². The van der Waals surface area contributed by atoms with Crippen molar-refractivity contribution in [2.24, 2.45) is 0 Å². The fourth-order valence-corrected chi connectivity index (χ4v) is 2.47. The molecule has 102 valence electrons. The normalized spacial score (nSPS) is 19.2. The van der Waals surface area contributed by atoms with Crippen molar-refractivity contribution in [3.63, 3.8) is 0 Å². The van der Waals surface area contributed by atoms with Crippen LogP contribution < -0.4 is 5.32 Å². The molecule has 1 atom stereocenters. The van der Waals surface area contributed by atoms with Crippen molar-refractivity contribution in [3.8, 4) is 0 Å². The number of amides is 2. The number of carbonyl (C=O) groups excluding carboxylic acids is 2. The lowest BCUT2D eigenvalue weighted by Crippen LogP contribution is -2.56. The molecule has 5 heteroatoms. The van der Waals surface area contributed by atoms with Crippen LogP contribution in [0.2, 0.25) is 0 Å². The first-order valence-electron chi connectivity index (χ1n) is 6.56. The van der Waals surface area contributed by atoms with Gasteiger partial charge in [-0.1, -0.05) is 18.2 Å². The highest BCUT2D eigenvalue weighted by atomic mass is 16.2. The van der Waals surface area contributed by atoms with E-state index in [2.05, 4.69) is 10.3 Å². The Morgan fingerprint density at radius 3 is 2.95 bits per heavy atom. The molecule has 1 aliphatic heterocycles. The molecule has 0 spiro atoms. The topological polar surface area (TPSA) is 62.3 Å². The zero-order valence-corrected chi connectivity index (χ0v) is 11.2. The number of hydrogen-bond acceptors (Lipinski definition) is 3. The van der Waals surface area contributed by atoms with Crippen molar-refractivity contribution < 1.29 is 9.59 Å². The van der Waals surface area contributed by atoms with Gasteiger partial charge in [-0.25, -0.2) is 0 Å². The highest BCUT2D eigenvalue weighted by Crippen LogP contribution is 2.19. The Balaban J connectivity index is 1.96. The molecule has 1 aromatic heterocycles. The molecule has 1 aliphatic rings. The molecular formula is C15H15N3O2. The summed E-state index contributed by atoms with van der Waals surface area (Å²) in [6, 6.07) is 9.25. The minimum atomic E-state index is -0.442. The van der Waals surface area contributed by atoms with Gasteiger partial charge in [-0.05, 0) is 24.6 Å². The Morgan fingerprint density at radius 2 is 2.10 bits per heavy atom. The van der Waals surface area contributed by atoms with E-state index in [0.717, 1.165) is 16.5 Å². The fraction of sp³-hybridized carbons (Fsp3) is 0.267. The molecule has 1 saturated heterocycles. The highest BCUT2D eigenvalue weighted by Gasteiger charge is 2.30. The number of nitrogens with one attached hydrogen (secondary N) is 1. The maximum absolute atomic E-state index is 12.0. The molecular weight excluding hydrogens is 254 g/mol. The van der Waals surface area contributed by atoms with E-state index in [-0.39, 0.29) is 18.4 Å². The second kappa shape index (κ2) is 4.92. The molecule has 0 bridgehead atoms. The van der Waals surface area contributed by atoms with Crippen LogP contribution >= 0.6 is 0 Å². The number of para-hydroxylation sites is 1. The third-order valence-corrected chi connectivity index (χ3v) is 3.66. The summed E-state index contributed by atoms with van der Waals surface area (Å²) < 4.78 is 0. The second-order valence-corrected chi connectivity index (χ2v) is 4.90. The van der Waals surface area contributed by atoms with Gasteiger partial charge in [0.05, 0.1) is 12.1 Å². The quantitative estimate of drug-likeness (QED) is 0.887. The molecule has 0 saturated carbocycles. The molecule has 0 radical (unpaired) electrons. The van der Waals surface area contributed by atoms with E-state index in [1.54, 1.807) is 18.0 Å². The Labute approximate surface area is 116 Å². The van der Waals surface area contributed by atoms with Crippen LogP contribution in [-0.4, -0.2) is 34.3 Å². The van der Waals surface area contributed by atoms with Crippen molar-refractivity contribution in [3.05, 3.63) is 42.1 Å². The molecule has 1 fully saturated rings. The number of rotatable bonds is 2. The number of nitrogens with zero attached hydrogens (tertiary/aromatic N) is 2. The summed E-state index contributed by atoms with van der Waals surface area (Å²) in [5.74, 6) is -0.166. The van der Waals surface area contributed by atoms with E-state index in [0.29, 0.717) is 6.54 Å². The summed E-state index contributed by atoms with van der Waals surface area (Å²) in [5.41, 5.74) is 1.90. The summed E-state index contributed by atoms with van der Waals surface area (Å²) in [4.78, 5) is 29.6. The Hall–Kier alpha value is -2.43. The fourth-order valence-electron chi connectivity index (χ4n) is 2.47. The van der Waals surface area contributed by atoms with E-state index < -0.39 is 6.04 Å². The van der Waals surface area contributed by atoms with Crippen molar-refractivity contribution in [2.45, 2.75) is 19.5 Å². The molecule has 3 rings (SSSR count). The molecule has 1 aromatic carbocycles. The van der Waals surface area contributed by atoms with E-state index in [1.165, 1.54) is 0 Å². The van der Waals surface area contributed by atoms with Crippen LogP contribution in [0.4, 0.5) is 0 Å². The molecule has 1 N–H and O–H groups in total. The van der Waals surface area contributed by atoms with Crippen LogP contribution in [0.5, 0.6) is 0 Å². The number of piperazine rings is 1. The van der Waals surface area contributed by atoms with Crippen LogP contribution in [0.15, 0.2) is 36.5 Å². The van der Waals surface area contributed by atoms with Gasteiger partial charge in [0.2, 0.25) is 11.8 Å². The van der Waals surface area contributed by atoms with Gasteiger partial charge in [-0.15, -0.1) is 0 Å². The summed E-state index contributed by atoms with van der Waals surface area (Å²) in [6.45, 7) is 2.25. The Bertz CT molecular complexity index is 678. The van der Waals surface area contributed by atoms with Crippen LogP contribution in [0.1, 0.15) is 12.5 Å². The average molecular weight is 269 g/mol. The number of hydrogen-bond donors (Lipinski definition) is 1. The van der Waals surface area contributed by atoms with E-state index in [9.17, 15) is 9.59 Å². The maximum atomic E-state index is 12.0. The Morgan fingerprint density at radius 1 is 1.30 bits per heavy atom. The minimum absolute atomic E-state index is 0.0574. The number of benzene rings is 1. The number of fused-ring (bicyclic) bond motifs is 1. The minimum Gasteiger partial charge on any atom is -0.345 e. The first kappa shape index (κ1) is 12.6. The molecule has 2 aromatic rings. The van der Waals surface area contributed by atoms with Crippen molar-refractivity contribution in [1.82, 2.24) is 15.2 Å². The van der Waals surface area contributed by atoms with Crippen molar-refractivity contribution >= 4 is 22.7 Å². The maximum Gasteiger partial charge on any atom is 0.242 e. The van der Waals surface area contributed by atoms with Gasteiger partial charge in [0.15, 0.2) is 0 Å². The van der Waals surface area contributed by atoms with Gasteiger partial charge in [-0.2, -0.15) is 0 Å². The molecule has 5 nitrogen and oxygen atoms in total. The molecule has 20 heavy (non-hydrogen) atoms. The van der Waals surface area contributed by atoms with Gasteiger partial charge < -0.3 is 10.2 Å². The van der Waals surface area contributed by atoms with Crippen LogP contribution in [0.3, 0.4) is 0 Å². The smallest absolute Gasteiger partial charge is 0.242 e. The second-order valence-electron chi connectivity index (χ2n) is 4.90. The summed E-state index contributed by atoms with van der Waals surface area (Å²) in [5, 5.41) is 3.61. The largest absolute Gasteiger partial charge is 0.345 e. The van der Waals surface area contributed by atoms with Gasteiger partial charge in [0, 0.05) is 18.1 Å². The number of aromatic nitrogens is 1. The molecule has 1 unspecified atom stereocenters. The molecule has 2 amide bonds. The standard InChI is InChI=1S/C15H15N3O2/c1-10-15(20)17-8-14(19)18(10)9-11-6-7-16-13-5-3-2-4-12(11)13/h2-7,10H,8-9H2,1H3,(H,17,20).